The zero-order valence-corrected chi connectivity index (χ0v) is 21.7. The number of aliphatic hydroxyl groups is 1. The standard InChI is InChI=1S/C31H33NO5/c1-18-23-15-25-27(21-9-5-4-6-10-21)20(3)36-29(25)19(2)28(23)37-30(34)24(18)16-26(33)32-14-13-31(35)12-8-7-11-22(31)17-32/h4-6,9-10,15,22,35H,7-8,11-14,16-17H2,1-3H3. The fraction of sp³-hybridized carbons (Fsp3) is 0.419. The number of benzene rings is 2. The van der Waals surface area contributed by atoms with Crippen LogP contribution in [0.4, 0.5) is 0 Å². The van der Waals surface area contributed by atoms with Crippen molar-refractivity contribution in [2.75, 3.05) is 13.1 Å². The molecule has 3 heterocycles. The molecule has 2 atom stereocenters. The molecule has 192 valence electrons. The van der Waals surface area contributed by atoms with Gasteiger partial charge in [-0.3, -0.25) is 4.79 Å². The molecule has 6 nitrogen and oxygen atoms in total. The molecule has 0 bridgehead atoms. The fourth-order valence-electron chi connectivity index (χ4n) is 6.60. The van der Waals surface area contributed by atoms with Crippen molar-refractivity contribution in [2.45, 2.75) is 64.9 Å². The molecule has 1 amide bonds. The van der Waals surface area contributed by atoms with Gasteiger partial charge in [0.25, 0.3) is 0 Å². The Morgan fingerprint density at radius 2 is 1.78 bits per heavy atom. The Labute approximate surface area is 215 Å². The van der Waals surface area contributed by atoms with Gasteiger partial charge in [0.2, 0.25) is 5.91 Å². The molecule has 2 aliphatic rings. The quantitative estimate of drug-likeness (QED) is 0.359. The van der Waals surface area contributed by atoms with E-state index >= 15 is 0 Å². The van der Waals surface area contributed by atoms with Crippen LogP contribution in [0.2, 0.25) is 0 Å². The summed E-state index contributed by atoms with van der Waals surface area (Å²) >= 11 is 0. The third-order valence-corrected chi connectivity index (χ3v) is 8.80. The zero-order chi connectivity index (χ0) is 25.9. The van der Waals surface area contributed by atoms with E-state index in [1.807, 2.05) is 49.9 Å². The largest absolute Gasteiger partial charge is 0.460 e. The van der Waals surface area contributed by atoms with Crippen LogP contribution >= 0.6 is 0 Å². The van der Waals surface area contributed by atoms with E-state index in [-0.39, 0.29) is 18.2 Å². The highest BCUT2D eigenvalue weighted by molar-refractivity contribution is 6.06. The predicted molar refractivity (Wildman–Crippen MR) is 144 cm³/mol. The number of carbonyl (C=O) groups is 1. The maximum atomic E-state index is 13.4. The average Bonchev–Trinajstić information content (AvgIpc) is 3.23. The molecular formula is C31H33NO5. The zero-order valence-electron chi connectivity index (χ0n) is 21.7. The number of hydrogen-bond acceptors (Lipinski definition) is 5. The van der Waals surface area contributed by atoms with Gasteiger partial charge in [-0.25, -0.2) is 4.79 Å². The maximum absolute atomic E-state index is 13.4. The van der Waals surface area contributed by atoms with Gasteiger partial charge in [-0.1, -0.05) is 43.2 Å². The number of hydrogen-bond donors (Lipinski definition) is 1. The number of likely N-dealkylation sites (tertiary alicyclic amines) is 1. The third kappa shape index (κ3) is 3.89. The fourth-order valence-corrected chi connectivity index (χ4v) is 6.60. The highest BCUT2D eigenvalue weighted by Gasteiger charge is 2.43. The number of carbonyl (C=O) groups excluding carboxylic acids is 1. The summed E-state index contributed by atoms with van der Waals surface area (Å²) in [4.78, 5) is 28.3. The van der Waals surface area contributed by atoms with Crippen molar-refractivity contribution in [3.8, 4) is 11.1 Å². The van der Waals surface area contributed by atoms with Crippen LogP contribution in [0.15, 0.2) is 50.0 Å². The van der Waals surface area contributed by atoms with E-state index in [0.717, 1.165) is 64.5 Å². The highest BCUT2D eigenvalue weighted by Crippen LogP contribution is 2.41. The lowest BCUT2D eigenvalue weighted by molar-refractivity contribution is -0.142. The van der Waals surface area contributed by atoms with Crippen molar-refractivity contribution in [1.82, 2.24) is 4.90 Å². The third-order valence-electron chi connectivity index (χ3n) is 8.80. The lowest BCUT2D eigenvalue weighted by Crippen LogP contribution is -2.55. The number of amides is 1. The molecular weight excluding hydrogens is 466 g/mol. The topological polar surface area (TPSA) is 83.9 Å². The molecule has 1 N–H and O–H groups in total. The second-order valence-corrected chi connectivity index (χ2v) is 11.0. The number of rotatable bonds is 3. The Bertz CT molecular complexity index is 1580. The van der Waals surface area contributed by atoms with Crippen molar-refractivity contribution in [3.05, 3.63) is 69.3 Å². The highest BCUT2D eigenvalue weighted by atomic mass is 16.4. The van der Waals surface area contributed by atoms with Gasteiger partial charge in [0, 0.05) is 40.9 Å². The molecule has 6 heteroatoms. The minimum absolute atomic E-state index is 0.00228. The van der Waals surface area contributed by atoms with Crippen LogP contribution in [0.1, 0.15) is 54.6 Å². The first-order valence-corrected chi connectivity index (χ1v) is 13.3. The molecule has 0 spiro atoms. The Morgan fingerprint density at radius 1 is 1.03 bits per heavy atom. The summed E-state index contributed by atoms with van der Waals surface area (Å²) in [6, 6.07) is 12.1. The summed E-state index contributed by atoms with van der Waals surface area (Å²) in [6.07, 6.45) is 4.51. The number of fused-ring (bicyclic) bond motifs is 3. The Hall–Kier alpha value is -3.38. The van der Waals surface area contributed by atoms with Crippen molar-refractivity contribution in [2.24, 2.45) is 5.92 Å². The smallest absolute Gasteiger partial charge is 0.340 e. The number of piperidine rings is 1. The van der Waals surface area contributed by atoms with Gasteiger partial charge in [0.05, 0.1) is 17.6 Å². The summed E-state index contributed by atoms with van der Waals surface area (Å²) in [5, 5.41) is 12.8. The second-order valence-electron chi connectivity index (χ2n) is 11.0. The van der Waals surface area contributed by atoms with E-state index in [1.165, 1.54) is 0 Å². The summed E-state index contributed by atoms with van der Waals surface area (Å²) in [6.45, 7) is 6.85. The number of aryl methyl sites for hydroxylation is 3. The molecule has 4 aromatic rings. The first kappa shape index (κ1) is 24.0. The molecule has 2 aromatic heterocycles. The monoisotopic (exact) mass is 499 g/mol. The Balaban J connectivity index is 1.39. The van der Waals surface area contributed by atoms with Crippen molar-refractivity contribution < 1.29 is 18.7 Å². The summed E-state index contributed by atoms with van der Waals surface area (Å²) in [5.41, 5.74) is 4.15. The first-order valence-electron chi connectivity index (χ1n) is 13.3. The molecule has 1 saturated heterocycles. The van der Waals surface area contributed by atoms with Gasteiger partial charge >= 0.3 is 5.63 Å². The van der Waals surface area contributed by atoms with E-state index < -0.39 is 11.2 Å². The second kappa shape index (κ2) is 8.88. The molecule has 2 fully saturated rings. The maximum Gasteiger partial charge on any atom is 0.340 e. The lowest BCUT2D eigenvalue weighted by atomic mass is 9.71. The molecule has 37 heavy (non-hydrogen) atoms. The van der Waals surface area contributed by atoms with Gasteiger partial charge in [-0.2, -0.15) is 0 Å². The molecule has 2 unspecified atom stereocenters. The Morgan fingerprint density at radius 3 is 2.57 bits per heavy atom. The van der Waals surface area contributed by atoms with Crippen LogP contribution in [0.3, 0.4) is 0 Å². The van der Waals surface area contributed by atoms with E-state index in [1.54, 1.807) is 0 Å². The molecule has 2 aromatic carbocycles. The summed E-state index contributed by atoms with van der Waals surface area (Å²) in [7, 11) is 0. The predicted octanol–water partition coefficient (Wildman–Crippen LogP) is 5.83. The normalized spacial score (nSPS) is 21.9. The van der Waals surface area contributed by atoms with Gasteiger partial charge in [-0.15, -0.1) is 0 Å². The van der Waals surface area contributed by atoms with Crippen LogP contribution < -0.4 is 5.63 Å². The molecule has 0 radical (unpaired) electrons. The van der Waals surface area contributed by atoms with Crippen molar-refractivity contribution in [3.63, 3.8) is 0 Å². The summed E-state index contributed by atoms with van der Waals surface area (Å²) < 4.78 is 12.0. The van der Waals surface area contributed by atoms with Crippen LogP contribution in [-0.2, 0) is 11.2 Å². The molecule has 1 aliphatic carbocycles. The van der Waals surface area contributed by atoms with Gasteiger partial charge in [0.1, 0.15) is 16.9 Å². The van der Waals surface area contributed by atoms with Crippen LogP contribution in [-0.4, -0.2) is 34.6 Å². The minimum atomic E-state index is -0.644. The SMILES string of the molecule is Cc1oc2c(C)c3oc(=O)c(CC(=O)N4CCC5(O)CCCCC5C4)c(C)c3cc2c1-c1ccccc1. The number of furan rings is 1. The van der Waals surface area contributed by atoms with Gasteiger partial charge in [0.15, 0.2) is 0 Å². The van der Waals surface area contributed by atoms with E-state index in [2.05, 4.69) is 12.1 Å². The van der Waals surface area contributed by atoms with E-state index in [4.69, 9.17) is 8.83 Å². The molecule has 6 rings (SSSR count). The minimum Gasteiger partial charge on any atom is -0.460 e. The van der Waals surface area contributed by atoms with Crippen LogP contribution in [0.25, 0.3) is 33.1 Å². The van der Waals surface area contributed by atoms with E-state index in [9.17, 15) is 14.7 Å². The number of nitrogens with zero attached hydrogens (tertiary/aromatic N) is 1. The molecule has 1 aliphatic heterocycles. The van der Waals surface area contributed by atoms with Crippen molar-refractivity contribution in [1.29, 1.82) is 0 Å². The van der Waals surface area contributed by atoms with Crippen LogP contribution in [0, 0.1) is 26.7 Å². The lowest BCUT2D eigenvalue weighted by Gasteiger charge is -2.47. The molecule has 1 saturated carbocycles. The summed E-state index contributed by atoms with van der Waals surface area (Å²) in [5.74, 6) is 0.844. The van der Waals surface area contributed by atoms with Gasteiger partial charge < -0.3 is 18.8 Å². The van der Waals surface area contributed by atoms with E-state index in [0.29, 0.717) is 36.2 Å². The Kier molecular flexibility index (Phi) is 5.75. The van der Waals surface area contributed by atoms with Crippen molar-refractivity contribution >= 4 is 27.8 Å². The average molecular weight is 500 g/mol. The van der Waals surface area contributed by atoms with Crippen LogP contribution in [0.5, 0.6) is 0 Å². The first-order chi connectivity index (χ1) is 17.8. The van der Waals surface area contributed by atoms with Gasteiger partial charge in [-0.05, 0) is 57.2 Å².